The molecule has 6 nitrogen and oxygen atoms in total. The van der Waals surface area contributed by atoms with Crippen LogP contribution in [0.2, 0.25) is 5.15 Å². The largest absolute Gasteiger partial charge is 0.379 e. The van der Waals surface area contributed by atoms with Crippen molar-refractivity contribution in [3.05, 3.63) is 58.9 Å². The third kappa shape index (κ3) is 5.28. The van der Waals surface area contributed by atoms with Crippen LogP contribution in [0.4, 0.5) is 0 Å². The number of ether oxygens (including phenoxy) is 1. The van der Waals surface area contributed by atoms with Crippen LogP contribution in [-0.4, -0.2) is 47.2 Å². The van der Waals surface area contributed by atoms with Crippen molar-refractivity contribution in [1.29, 1.82) is 0 Å². The fourth-order valence-electron chi connectivity index (χ4n) is 2.37. The van der Waals surface area contributed by atoms with Crippen molar-refractivity contribution in [3.63, 3.8) is 0 Å². The average molecular weight is 391 g/mol. The van der Waals surface area contributed by atoms with Gasteiger partial charge in [-0.3, -0.25) is 4.79 Å². The summed E-state index contributed by atoms with van der Waals surface area (Å²) in [5.41, 5.74) is 4.61. The van der Waals surface area contributed by atoms with E-state index >= 15 is 0 Å². The van der Waals surface area contributed by atoms with Crippen molar-refractivity contribution >= 4 is 35.2 Å². The van der Waals surface area contributed by atoms with Crippen LogP contribution in [0.3, 0.4) is 0 Å². The first-order valence-corrected chi connectivity index (χ1v) is 9.34. The molecule has 0 unspecified atom stereocenters. The van der Waals surface area contributed by atoms with Gasteiger partial charge in [0.2, 0.25) is 0 Å². The van der Waals surface area contributed by atoms with E-state index in [1.807, 2.05) is 18.2 Å². The van der Waals surface area contributed by atoms with Crippen molar-refractivity contribution in [1.82, 2.24) is 14.7 Å². The molecular formula is C18H19ClN4O2S. The number of aromatic nitrogens is 1. The molecule has 26 heavy (non-hydrogen) atoms. The van der Waals surface area contributed by atoms with Crippen LogP contribution in [0.5, 0.6) is 0 Å². The summed E-state index contributed by atoms with van der Waals surface area (Å²) in [5.74, 6) is -0.256. The maximum absolute atomic E-state index is 12.4. The second-order valence-corrected chi connectivity index (χ2v) is 7.22. The van der Waals surface area contributed by atoms with E-state index in [9.17, 15) is 4.79 Å². The maximum atomic E-state index is 12.4. The fourth-order valence-corrected chi connectivity index (χ4v) is 3.50. The predicted molar refractivity (Wildman–Crippen MR) is 104 cm³/mol. The van der Waals surface area contributed by atoms with Crippen molar-refractivity contribution < 1.29 is 9.53 Å². The highest BCUT2D eigenvalue weighted by atomic mass is 35.5. The molecule has 1 saturated heterocycles. The molecule has 1 aliphatic rings. The lowest BCUT2D eigenvalue weighted by Crippen LogP contribution is -2.30. The summed E-state index contributed by atoms with van der Waals surface area (Å²) >= 11 is 7.51. The number of rotatable bonds is 5. The molecule has 1 N–H and O–H groups in total. The highest BCUT2D eigenvalue weighted by Gasteiger charge is 2.13. The molecule has 1 aliphatic heterocycles. The number of carbonyl (C=O) groups excluding carboxylic acids is 1. The number of amides is 1. The molecule has 0 radical (unpaired) electrons. The van der Waals surface area contributed by atoms with Gasteiger partial charge in [-0.1, -0.05) is 17.7 Å². The summed E-state index contributed by atoms with van der Waals surface area (Å²) < 4.78 is 7.58. The van der Waals surface area contributed by atoms with Crippen LogP contribution in [0.25, 0.3) is 0 Å². The molecule has 1 amide bonds. The molecular weight excluding hydrogens is 372 g/mol. The smallest absolute Gasteiger partial charge is 0.271 e. The molecule has 3 rings (SSSR count). The van der Waals surface area contributed by atoms with Crippen LogP contribution in [0.15, 0.2) is 52.6 Å². The van der Waals surface area contributed by atoms with Gasteiger partial charge in [0.25, 0.3) is 5.91 Å². The van der Waals surface area contributed by atoms with E-state index in [0.29, 0.717) is 16.4 Å². The Hall–Kier alpha value is -1.93. The van der Waals surface area contributed by atoms with Crippen molar-refractivity contribution in [2.75, 3.05) is 26.3 Å². The lowest BCUT2D eigenvalue weighted by atomic mass is 10.2. The number of hydrogen-bond donors (Lipinski definition) is 1. The van der Waals surface area contributed by atoms with Crippen LogP contribution in [0.1, 0.15) is 22.8 Å². The minimum atomic E-state index is -0.256. The number of hydrazone groups is 1. The lowest BCUT2D eigenvalue weighted by molar-refractivity contribution is 0.0773. The van der Waals surface area contributed by atoms with Gasteiger partial charge in [0.15, 0.2) is 0 Å². The first-order valence-electron chi connectivity index (χ1n) is 8.19. The zero-order valence-corrected chi connectivity index (χ0v) is 15.9. The first-order chi connectivity index (χ1) is 12.6. The third-order valence-corrected chi connectivity index (χ3v) is 5.07. The second-order valence-electron chi connectivity index (χ2n) is 5.67. The summed E-state index contributed by atoms with van der Waals surface area (Å²) in [4.78, 5) is 17.3. The monoisotopic (exact) mass is 390 g/mol. The summed E-state index contributed by atoms with van der Waals surface area (Å²) in [6, 6.07) is 11.0. The van der Waals surface area contributed by atoms with Gasteiger partial charge in [0, 0.05) is 35.3 Å². The van der Waals surface area contributed by atoms with Crippen LogP contribution >= 0.6 is 23.5 Å². The molecule has 8 heteroatoms. The molecule has 0 aliphatic carbocycles. The molecule has 136 valence electrons. The van der Waals surface area contributed by atoms with Gasteiger partial charge in [0.05, 0.1) is 18.9 Å². The molecule has 1 aromatic heterocycles. The third-order valence-electron chi connectivity index (χ3n) is 3.77. The molecule has 1 aromatic carbocycles. The van der Waals surface area contributed by atoms with Crippen molar-refractivity contribution in [2.24, 2.45) is 5.10 Å². The Labute approximate surface area is 161 Å². The Morgan fingerprint density at radius 1 is 1.27 bits per heavy atom. The van der Waals surface area contributed by atoms with E-state index in [4.69, 9.17) is 16.3 Å². The lowest BCUT2D eigenvalue weighted by Gasteiger charge is -2.25. The Morgan fingerprint density at radius 2 is 2.08 bits per heavy atom. The summed E-state index contributed by atoms with van der Waals surface area (Å²) in [6.45, 7) is 5.02. The van der Waals surface area contributed by atoms with Crippen LogP contribution < -0.4 is 5.43 Å². The molecule has 1 fully saturated rings. The van der Waals surface area contributed by atoms with E-state index in [1.165, 1.54) is 0 Å². The van der Waals surface area contributed by atoms with Gasteiger partial charge in [-0.05, 0) is 49.2 Å². The Morgan fingerprint density at radius 3 is 2.85 bits per heavy atom. The van der Waals surface area contributed by atoms with Gasteiger partial charge >= 0.3 is 0 Å². The van der Waals surface area contributed by atoms with Crippen molar-refractivity contribution in [2.45, 2.75) is 11.8 Å². The quantitative estimate of drug-likeness (QED) is 0.367. The van der Waals surface area contributed by atoms with E-state index in [1.54, 1.807) is 43.3 Å². The zero-order valence-electron chi connectivity index (χ0n) is 14.3. The van der Waals surface area contributed by atoms with E-state index in [0.717, 1.165) is 36.8 Å². The highest BCUT2D eigenvalue weighted by molar-refractivity contribution is 7.97. The number of halogens is 1. The van der Waals surface area contributed by atoms with E-state index < -0.39 is 0 Å². The van der Waals surface area contributed by atoms with Crippen molar-refractivity contribution in [3.8, 4) is 0 Å². The van der Waals surface area contributed by atoms with Gasteiger partial charge in [-0.15, -0.1) is 0 Å². The number of benzene rings is 1. The summed E-state index contributed by atoms with van der Waals surface area (Å²) in [5, 5.41) is 4.54. The molecule has 0 saturated carbocycles. The van der Waals surface area contributed by atoms with Gasteiger partial charge in [-0.2, -0.15) is 5.10 Å². The Bertz CT molecular complexity index is 809. The normalized spacial score (nSPS) is 15.7. The summed E-state index contributed by atoms with van der Waals surface area (Å²) in [7, 11) is 0. The topological polar surface area (TPSA) is 66.8 Å². The SMILES string of the molecule is C/C(=N\NC(=O)c1cccc(SN2CCOCC2)c1)c1ccnc(Cl)c1. The van der Waals surface area contributed by atoms with Gasteiger partial charge < -0.3 is 4.74 Å². The number of nitrogens with one attached hydrogen (secondary N) is 1. The molecule has 2 aromatic rings. The van der Waals surface area contributed by atoms with E-state index in [2.05, 4.69) is 19.8 Å². The molecule has 0 bridgehead atoms. The Kier molecular flexibility index (Phi) is 6.62. The summed E-state index contributed by atoms with van der Waals surface area (Å²) in [6.07, 6.45) is 1.60. The zero-order chi connectivity index (χ0) is 18.4. The van der Waals surface area contributed by atoms with E-state index in [-0.39, 0.29) is 5.91 Å². The average Bonchev–Trinajstić information content (AvgIpc) is 2.67. The second kappa shape index (κ2) is 9.14. The van der Waals surface area contributed by atoms with Gasteiger partial charge in [-0.25, -0.2) is 14.7 Å². The number of hydrogen-bond acceptors (Lipinski definition) is 6. The first kappa shape index (κ1) is 18.8. The fraction of sp³-hybridized carbons (Fsp3) is 0.278. The minimum absolute atomic E-state index is 0.256. The number of pyridine rings is 1. The molecule has 0 spiro atoms. The van der Waals surface area contributed by atoms with Gasteiger partial charge in [0.1, 0.15) is 5.15 Å². The van der Waals surface area contributed by atoms with Crippen LogP contribution in [0, 0.1) is 0 Å². The molecule has 0 atom stereocenters. The highest BCUT2D eigenvalue weighted by Crippen LogP contribution is 2.24. The molecule has 2 heterocycles. The van der Waals surface area contributed by atoms with Crippen LogP contribution in [-0.2, 0) is 4.74 Å². The number of carbonyl (C=O) groups is 1. The standard InChI is InChI=1S/C18H19ClN4O2S/c1-13(14-5-6-20-17(19)12-14)21-22-18(24)15-3-2-4-16(11-15)26-23-7-9-25-10-8-23/h2-6,11-12H,7-10H2,1H3,(H,22,24)/b21-13+. The Balaban J connectivity index is 1.64. The minimum Gasteiger partial charge on any atom is -0.379 e. The number of morpholine rings is 1. The predicted octanol–water partition coefficient (Wildman–Crippen LogP) is 3.23. The number of nitrogens with zero attached hydrogens (tertiary/aromatic N) is 3. The maximum Gasteiger partial charge on any atom is 0.271 e.